The van der Waals surface area contributed by atoms with Crippen LogP contribution in [0.5, 0.6) is 0 Å². The highest BCUT2D eigenvalue weighted by atomic mass is 19.4. The van der Waals surface area contributed by atoms with E-state index in [0.29, 0.717) is 66.1 Å². The van der Waals surface area contributed by atoms with Crippen LogP contribution >= 0.6 is 0 Å². The Hall–Kier alpha value is -0.750. The third-order valence-corrected chi connectivity index (χ3v) is 4.96. The fourth-order valence-electron chi connectivity index (χ4n) is 2.99. The Balaban J connectivity index is 3.04. The van der Waals surface area contributed by atoms with Crippen molar-refractivity contribution in [1.29, 1.82) is 0 Å². The second-order valence-electron chi connectivity index (χ2n) is 8.20. The molecule has 0 fully saturated rings. The van der Waals surface area contributed by atoms with E-state index < -0.39 is 12.6 Å². The van der Waals surface area contributed by atoms with Crippen LogP contribution in [-0.4, -0.2) is 98.7 Å². The van der Waals surface area contributed by atoms with E-state index in [1.807, 2.05) is 6.08 Å². The molecule has 0 aliphatic heterocycles. The molecule has 0 amide bonds. The minimum absolute atomic E-state index is 0.134. The van der Waals surface area contributed by atoms with Crippen LogP contribution in [0.1, 0.15) is 57.8 Å². The Kier molecular flexibility index (Phi) is 28.2. The van der Waals surface area contributed by atoms with Crippen molar-refractivity contribution in [2.24, 2.45) is 0 Å². The Morgan fingerprint density at radius 3 is 1.08 bits per heavy atom. The van der Waals surface area contributed by atoms with Crippen LogP contribution in [0.25, 0.3) is 0 Å². The fraction of sp³-hybridized carbons (Fsp3) is 0.923. The van der Waals surface area contributed by atoms with Gasteiger partial charge in [0.15, 0.2) is 0 Å². The van der Waals surface area contributed by atoms with Gasteiger partial charge in [0.2, 0.25) is 0 Å². The molecule has 0 N–H and O–H groups in total. The quantitative estimate of drug-likeness (QED) is 0.0915. The minimum atomic E-state index is -4.18. The van der Waals surface area contributed by atoms with E-state index in [1.165, 1.54) is 38.5 Å². The highest BCUT2D eigenvalue weighted by Gasteiger charge is 2.26. The van der Waals surface area contributed by atoms with Crippen LogP contribution in [0, 0.1) is 0 Å². The molecule has 36 heavy (non-hydrogen) atoms. The summed E-state index contributed by atoms with van der Waals surface area (Å²) in [5, 5.41) is 0. The zero-order chi connectivity index (χ0) is 26.4. The highest BCUT2D eigenvalue weighted by molar-refractivity contribution is 4.65. The van der Waals surface area contributed by atoms with Gasteiger partial charge in [-0.2, -0.15) is 13.2 Å². The van der Waals surface area contributed by atoms with Crippen molar-refractivity contribution < 1.29 is 46.3 Å². The first kappa shape index (κ1) is 35.2. The zero-order valence-electron chi connectivity index (χ0n) is 22.0. The van der Waals surface area contributed by atoms with Gasteiger partial charge in [-0.3, -0.25) is 0 Å². The fourth-order valence-corrected chi connectivity index (χ4v) is 2.99. The van der Waals surface area contributed by atoms with Crippen molar-refractivity contribution in [3.05, 3.63) is 12.7 Å². The Morgan fingerprint density at radius 1 is 0.417 bits per heavy atom. The standard InChI is InChI=1S/C26H49F3O7/c1-2-3-4-5-6-7-8-9-10-12-30-14-16-32-18-20-34-22-24-36-25-23-35-21-19-33-17-15-31-13-11-26(27,28)29/h2H,1,3-25H2. The molecular weight excluding hydrogens is 481 g/mol. The smallest absolute Gasteiger partial charge is 0.379 e. The highest BCUT2D eigenvalue weighted by Crippen LogP contribution is 2.18. The second-order valence-corrected chi connectivity index (χ2v) is 8.20. The van der Waals surface area contributed by atoms with Crippen molar-refractivity contribution in [3.8, 4) is 0 Å². The van der Waals surface area contributed by atoms with Crippen molar-refractivity contribution in [2.45, 2.75) is 64.0 Å². The summed E-state index contributed by atoms with van der Waals surface area (Å²) in [6, 6.07) is 0. The molecule has 0 heterocycles. The predicted octanol–water partition coefficient (Wildman–Crippen LogP) is 5.36. The topological polar surface area (TPSA) is 64.6 Å². The molecule has 216 valence electrons. The molecule has 0 saturated carbocycles. The van der Waals surface area contributed by atoms with Crippen LogP contribution in [0.3, 0.4) is 0 Å². The largest absolute Gasteiger partial charge is 0.391 e. The molecule has 0 saturated heterocycles. The van der Waals surface area contributed by atoms with E-state index in [4.69, 9.17) is 33.2 Å². The van der Waals surface area contributed by atoms with Gasteiger partial charge in [0.05, 0.1) is 92.3 Å². The molecular formula is C26H49F3O7. The van der Waals surface area contributed by atoms with E-state index in [2.05, 4.69) is 6.58 Å². The Bertz CT molecular complexity index is 440. The van der Waals surface area contributed by atoms with E-state index in [0.717, 1.165) is 19.4 Å². The van der Waals surface area contributed by atoms with E-state index in [-0.39, 0.29) is 19.8 Å². The molecule has 0 aromatic heterocycles. The molecule has 0 radical (unpaired) electrons. The number of allylic oxidation sites excluding steroid dienone is 1. The maximum absolute atomic E-state index is 11.9. The lowest BCUT2D eigenvalue weighted by Crippen LogP contribution is -2.15. The number of rotatable bonds is 30. The number of ether oxygens (including phenoxy) is 7. The van der Waals surface area contributed by atoms with Gasteiger partial charge in [0.25, 0.3) is 0 Å². The molecule has 0 aromatic carbocycles. The zero-order valence-corrected chi connectivity index (χ0v) is 22.0. The van der Waals surface area contributed by atoms with Crippen molar-refractivity contribution in [1.82, 2.24) is 0 Å². The van der Waals surface area contributed by atoms with Crippen molar-refractivity contribution >= 4 is 0 Å². The van der Waals surface area contributed by atoms with Gasteiger partial charge in [0.1, 0.15) is 0 Å². The van der Waals surface area contributed by atoms with Gasteiger partial charge in [-0.05, 0) is 19.3 Å². The summed E-state index contributed by atoms with van der Waals surface area (Å²) in [6.45, 7) is 9.42. The van der Waals surface area contributed by atoms with Gasteiger partial charge < -0.3 is 33.2 Å². The van der Waals surface area contributed by atoms with Gasteiger partial charge in [0, 0.05) is 6.61 Å². The third-order valence-electron chi connectivity index (χ3n) is 4.96. The summed E-state index contributed by atoms with van der Waals surface area (Å²) in [5.74, 6) is 0. The molecule has 0 rings (SSSR count). The third kappa shape index (κ3) is 33.2. The van der Waals surface area contributed by atoms with Crippen molar-refractivity contribution in [2.75, 3.05) is 92.5 Å². The van der Waals surface area contributed by atoms with Gasteiger partial charge in [-0.25, -0.2) is 0 Å². The summed E-state index contributed by atoms with van der Waals surface area (Å²) < 4.78 is 73.0. The van der Waals surface area contributed by atoms with Gasteiger partial charge in [-0.15, -0.1) is 6.58 Å². The lowest BCUT2D eigenvalue weighted by molar-refractivity contribution is -0.146. The van der Waals surface area contributed by atoms with E-state index in [9.17, 15) is 13.2 Å². The number of alkyl halides is 3. The molecule has 0 aliphatic carbocycles. The van der Waals surface area contributed by atoms with Crippen LogP contribution in [-0.2, 0) is 33.2 Å². The van der Waals surface area contributed by atoms with Crippen LogP contribution < -0.4 is 0 Å². The second kappa shape index (κ2) is 28.8. The number of hydrogen-bond acceptors (Lipinski definition) is 7. The predicted molar refractivity (Wildman–Crippen MR) is 134 cm³/mol. The van der Waals surface area contributed by atoms with Crippen LogP contribution in [0.2, 0.25) is 0 Å². The normalized spacial score (nSPS) is 11.9. The molecule has 0 atom stereocenters. The monoisotopic (exact) mass is 530 g/mol. The SMILES string of the molecule is C=CCCCCCCCCCOCCOCCOCCOCCOCCOCCOCCC(F)(F)F. The molecule has 0 aliphatic rings. The van der Waals surface area contributed by atoms with Crippen molar-refractivity contribution in [3.63, 3.8) is 0 Å². The summed E-state index contributed by atoms with van der Waals surface area (Å²) in [5.41, 5.74) is 0. The number of halogens is 3. The summed E-state index contributed by atoms with van der Waals surface area (Å²) in [4.78, 5) is 0. The lowest BCUT2D eigenvalue weighted by Gasteiger charge is -2.09. The first-order valence-electron chi connectivity index (χ1n) is 13.3. The number of unbranched alkanes of at least 4 members (excludes halogenated alkanes) is 7. The van der Waals surface area contributed by atoms with E-state index >= 15 is 0 Å². The van der Waals surface area contributed by atoms with Crippen LogP contribution in [0.4, 0.5) is 13.2 Å². The summed E-state index contributed by atoms with van der Waals surface area (Å²) >= 11 is 0. The maximum Gasteiger partial charge on any atom is 0.391 e. The Labute approximate surface area is 215 Å². The molecule has 10 heteroatoms. The van der Waals surface area contributed by atoms with Gasteiger partial charge in [-0.1, -0.05) is 38.2 Å². The molecule has 0 spiro atoms. The van der Waals surface area contributed by atoms with Crippen LogP contribution in [0.15, 0.2) is 12.7 Å². The summed E-state index contributed by atoms with van der Waals surface area (Å²) in [7, 11) is 0. The van der Waals surface area contributed by atoms with Gasteiger partial charge >= 0.3 is 6.18 Å². The number of hydrogen-bond donors (Lipinski definition) is 0. The molecule has 0 bridgehead atoms. The van der Waals surface area contributed by atoms with E-state index in [1.54, 1.807) is 0 Å². The molecule has 7 nitrogen and oxygen atoms in total. The first-order chi connectivity index (χ1) is 17.6. The maximum atomic E-state index is 11.9. The first-order valence-corrected chi connectivity index (χ1v) is 13.3. The minimum Gasteiger partial charge on any atom is -0.379 e. The lowest BCUT2D eigenvalue weighted by atomic mass is 10.1. The molecule has 0 unspecified atom stereocenters. The average Bonchev–Trinajstić information content (AvgIpc) is 2.84. The average molecular weight is 531 g/mol. The Morgan fingerprint density at radius 2 is 0.722 bits per heavy atom. The summed E-state index contributed by atoms with van der Waals surface area (Å²) in [6.07, 6.45) is 6.84. The molecule has 0 aromatic rings.